The Morgan fingerprint density at radius 2 is 1.12 bits per heavy atom. The van der Waals surface area contributed by atoms with E-state index in [-0.39, 0.29) is 30.1 Å². The van der Waals surface area contributed by atoms with Gasteiger partial charge in [-0.15, -0.1) is 0 Å². The van der Waals surface area contributed by atoms with E-state index in [0.717, 1.165) is 32.7 Å². The highest BCUT2D eigenvalue weighted by Crippen LogP contribution is 2.61. The third kappa shape index (κ3) is 2.48. The zero-order valence-corrected chi connectivity index (χ0v) is 17.2. The van der Waals surface area contributed by atoms with Crippen LogP contribution in [0, 0.1) is 11.8 Å². The standard InChI is InChI=1S/C27H21NO4/c29-25-23-21-16-10-4-5-11-17(16)22(19-13-7-6-12-18(19)21)24(23)26(30)28(25)20(27(31)32)14-15-8-2-1-3-9-15/h1-13,20-24H,14H2,(H,31,32). The minimum atomic E-state index is -1.21. The highest BCUT2D eigenvalue weighted by atomic mass is 16.4. The summed E-state index contributed by atoms with van der Waals surface area (Å²) in [7, 11) is 0. The van der Waals surface area contributed by atoms with Gasteiger partial charge in [0.1, 0.15) is 6.04 Å². The summed E-state index contributed by atoms with van der Waals surface area (Å²) in [6.07, 6.45) is 0.0995. The Labute approximate surface area is 185 Å². The van der Waals surface area contributed by atoms with E-state index >= 15 is 0 Å². The first-order chi connectivity index (χ1) is 15.6. The molecular weight excluding hydrogens is 402 g/mol. The largest absolute Gasteiger partial charge is 0.480 e. The average molecular weight is 423 g/mol. The third-order valence-electron chi connectivity index (χ3n) is 7.35. The van der Waals surface area contributed by atoms with Gasteiger partial charge >= 0.3 is 5.97 Å². The fourth-order valence-electron chi connectivity index (χ4n) is 6.13. The van der Waals surface area contributed by atoms with Gasteiger partial charge in [0.25, 0.3) is 0 Å². The van der Waals surface area contributed by atoms with Crippen LogP contribution in [0.1, 0.15) is 39.7 Å². The van der Waals surface area contributed by atoms with Crippen molar-refractivity contribution in [1.82, 2.24) is 4.90 Å². The van der Waals surface area contributed by atoms with Gasteiger partial charge in [-0.1, -0.05) is 78.9 Å². The molecule has 5 heteroatoms. The van der Waals surface area contributed by atoms with Gasteiger partial charge in [-0.25, -0.2) is 4.79 Å². The van der Waals surface area contributed by atoms with E-state index in [9.17, 15) is 19.5 Å². The number of amides is 2. The number of likely N-dealkylation sites (tertiary alicyclic amines) is 1. The number of carboxylic acid groups (broad SMARTS) is 1. The molecule has 7 rings (SSSR count). The fourth-order valence-corrected chi connectivity index (χ4v) is 6.13. The fraction of sp³-hybridized carbons (Fsp3) is 0.222. The van der Waals surface area contributed by atoms with Crippen LogP contribution in [0.15, 0.2) is 78.9 Å². The summed E-state index contributed by atoms with van der Waals surface area (Å²) >= 11 is 0. The number of benzene rings is 3. The van der Waals surface area contributed by atoms with Gasteiger partial charge in [-0.05, 0) is 27.8 Å². The number of rotatable bonds is 4. The minimum absolute atomic E-state index is 0.0995. The van der Waals surface area contributed by atoms with Crippen LogP contribution in [0.5, 0.6) is 0 Å². The summed E-state index contributed by atoms with van der Waals surface area (Å²) in [6, 6.07) is 24.0. The van der Waals surface area contributed by atoms with Crippen molar-refractivity contribution < 1.29 is 19.5 Å². The molecule has 1 heterocycles. The van der Waals surface area contributed by atoms with Gasteiger partial charge in [0.15, 0.2) is 0 Å². The van der Waals surface area contributed by atoms with Crippen molar-refractivity contribution in [2.24, 2.45) is 11.8 Å². The van der Waals surface area contributed by atoms with Crippen molar-refractivity contribution in [3.05, 3.63) is 107 Å². The zero-order valence-electron chi connectivity index (χ0n) is 17.2. The van der Waals surface area contributed by atoms with Gasteiger partial charge in [-0.3, -0.25) is 14.5 Å². The molecule has 3 aromatic carbocycles. The second kappa shape index (κ2) is 6.89. The van der Waals surface area contributed by atoms with Gasteiger partial charge in [0.2, 0.25) is 11.8 Å². The molecule has 1 aliphatic heterocycles. The van der Waals surface area contributed by atoms with Crippen LogP contribution in [-0.4, -0.2) is 33.8 Å². The van der Waals surface area contributed by atoms with E-state index in [0.29, 0.717) is 0 Å². The smallest absolute Gasteiger partial charge is 0.327 e. The highest BCUT2D eigenvalue weighted by Gasteiger charge is 2.63. The van der Waals surface area contributed by atoms with Crippen LogP contribution in [0.4, 0.5) is 0 Å². The maximum absolute atomic E-state index is 13.7. The SMILES string of the molecule is O=C(O)C(Cc1ccccc1)N1C(=O)C2C3c4ccccc4C(c4ccccc43)C2C1=O. The quantitative estimate of drug-likeness (QED) is 0.651. The lowest BCUT2D eigenvalue weighted by Crippen LogP contribution is -2.47. The van der Waals surface area contributed by atoms with Gasteiger partial charge < -0.3 is 5.11 Å². The predicted octanol–water partition coefficient (Wildman–Crippen LogP) is 3.57. The Kier molecular flexibility index (Phi) is 4.09. The number of hydrogen-bond donors (Lipinski definition) is 1. The molecule has 1 saturated heterocycles. The maximum atomic E-state index is 13.7. The molecule has 4 aliphatic rings. The first kappa shape index (κ1) is 19.0. The summed E-state index contributed by atoms with van der Waals surface area (Å²) in [6.45, 7) is 0. The Morgan fingerprint density at radius 1 is 0.719 bits per heavy atom. The van der Waals surface area contributed by atoms with E-state index in [2.05, 4.69) is 0 Å². The van der Waals surface area contributed by atoms with Gasteiger partial charge in [0.05, 0.1) is 11.8 Å². The molecule has 0 spiro atoms. The summed E-state index contributed by atoms with van der Waals surface area (Å²) < 4.78 is 0. The molecule has 32 heavy (non-hydrogen) atoms. The lowest BCUT2D eigenvalue weighted by atomic mass is 9.55. The van der Waals surface area contributed by atoms with Crippen molar-refractivity contribution in [2.45, 2.75) is 24.3 Å². The lowest BCUT2D eigenvalue weighted by molar-refractivity contribution is -0.155. The number of nitrogens with zero attached hydrogens (tertiary/aromatic N) is 1. The van der Waals surface area contributed by atoms with Crippen LogP contribution >= 0.6 is 0 Å². The molecule has 0 saturated carbocycles. The summed E-state index contributed by atoms with van der Waals surface area (Å²) in [4.78, 5) is 40.8. The van der Waals surface area contributed by atoms with Crippen molar-refractivity contribution in [1.29, 1.82) is 0 Å². The molecule has 0 radical (unpaired) electrons. The first-order valence-electron chi connectivity index (χ1n) is 10.9. The van der Waals surface area contributed by atoms with Crippen molar-refractivity contribution in [3.8, 4) is 0 Å². The van der Waals surface area contributed by atoms with Crippen LogP contribution in [0.2, 0.25) is 0 Å². The molecular formula is C27H21NO4. The number of hydrogen-bond acceptors (Lipinski definition) is 3. The molecule has 0 aromatic heterocycles. The molecule has 1 fully saturated rings. The van der Waals surface area contributed by atoms with Crippen LogP contribution in [0.3, 0.4) is 0 Å². The van der Waals surface area contributed by atoms with E-state index in [1.165, 1.54) is 0 Å². The van der Waals surface area contributed by atoms with Crippen LogP contribution < -0.4 is 0 Å². The van der Waals surface area contributed by atoms with Crippen LogP contribution in [0.25, 0.3) is 0 Å². The molecule has 158 valence electrons. The molecule has 3 atom stereocenters. The Balaban J connectivity index is 1.47. The summed E-state index contributed by atoms with van der Waals surface area (Å²) in [5, 5.41) is 10.0. The number of carbonyl (C=O) groups excluding carboxylic acids is 2. The maximum Gasteiger partial charge on any atom is 0.327 e. The predicted molar refractivity (Wildman–Crippen MR) is 117 cm³/mol. The zero-order chi connectivity index (χ0) is 22.0. The summed E-state index contributed by atoms with van der Waals surface area (Å²) in [5.41, 5.74) is 5.10. The van der Waals surface area contributed by atoms with E-state index in [1.54, 1.807) is 0 Å². The first-order valence-corrected chi connectivity index (χ1v) is 10.9. The van der Waals surface area contributed by atoms with E-state index in [1.807, 2.05) is 78.9 Å². The second-order valence-corrected chi connectivity index (χ2v) is 8.85. The normalized spacial score (nSPS) is 25.8. The van der Waals surface area contributed by atoms with E-state index in [4.69, 9.17) is 0 Å². The summed E-state index contributed by atoms with van der Waals surface area (Å²) in [5.74, 6) is -3.46. The average Bonchev–Trinajstić information content (AvgIpc) is 3.08. The number of carbonyl (C=O) groups is 3. The van der Waals surface area contributed by atoms with Crippen molar-refractivity contribution >= 4 is 17.8 Å². The monoisotopic (exact) mass is 423 g/mol. The number of carboxylic acids is 1. The molecule has 3 unspecified atom stereocenters. The van der Waals surface area contributed by atoms with Crippen molar-refractivity contribution in [3.63, 3.8) is 0 Å². The highest BCUT2D eigenvalue weighted by molar-refractivity contribution is 6.10. The molecule has 2 amide bonds. The Bertz CT molecular complexity index is 1150. The second-order valence-electron chi connectivity index (χ2n) is 8.85. The lowest BCUT2D eigenvalue weighted by Gasteiger charge is -2.45. The van der Waals surface area contributed by atoms with Gasteiger partial charge in [-0.2, -0.15) is 0 Å². The number of aliphatic carboxylic acids is 1. The van der Waals surface area contributed by atoms with Gasteiger partial charge in [0, 0.05) is 18.3 Å². The molecule has 1 N–H and O–H groups in total. The van der Waals surface area contributed by atoms with Crippen LogP contribution in [-0.2, 0) is 20.8 Å². The Hall–Kier alpha value is -3.73. The molecule has 3 aromatic rings. The third-order valence-corrected chi connectivity index (χ3v) is 7.35. The Morgan fingerprint density at radius 3 is 1.53 bits per heavy atom. The minimum Gasteiger partial charge on any atom is -0.480 e. The van der Waals surface area contributed by atoms with E-state index < -0.39 is 23.8 Å². The van der Waals surface area contributed by atoms with Crippen molar-refractivity contribution in [2.75, 3.05) is 0 Å². The molecule has 2 bridgehead atoms. The number of imide groups is 1. The molecule has 3 aliphatic carbocycles. The molecule has 5 nitrogen and oxygen atoms in total. The topological polar surface area (TPSA) is 74.7 Å².